The number of anilines is 3. The number of aryl methyl sites for hydroxylation is 1. The third-order valence-corrected chi connectivity index (χ3v) is 14.9. The van der Waals surface area contributed by atoms with Crippen molar-refractivity contribution in [3.05, 3.63) is 99.0 Å². The van der Waals surface area contributed by atoms with Crippen LogP contribution in [-0.4, -0.2) is 142 Å². The second-order valence-electron chi connectivity index (χ2n) is 20.2. The van der Waals surface area contributed by atoms with Crippen LogP contribution in [0, 0.1) is 5.82 Å². The number of amides is 7. The van der Waals surface area contributed by atoms with Gasteiger partial charge in [-0.2, -0.15) is 13.2 Å². The van der Waals surface area contributed by atoms with Crippen molar-refractivity contribution in [2.75, 3.05) is 68.0 Å². The van der Waals surface area contributed by atoms with E-state index in [1.165, 1.54) is 24.5 Å². The van der Waals surface area contributed by atoms with Crippen LogP contribution >= 0.6 is 0 Å². The Morgan fingerprint density at radius 3 is 2.16 bits per heavy atom. The third-order valence-electron chi connectivity index (χ3n) is 14.9. The first kappa shape index (κ1) is 55.7. The van der Waals surface area contributed by atoms with Gasteiger partial charge in [0.05, 0.1) is 33.6 Å². The number of H-pyrrole nitrogens is 1. The van der Waals surface area contributed by atoms with Crippen molar-refractivity contribution in [2.45, 2.75) is 115 Å². The van der Waals surface area contributed by atoms with E-state index in [1.807, 2.05) is 36.8 Å². The number of alkyl halides is 3. The van der Waals surface area contributed by atoms with Crippen LogP contribution < -0.4 is 31.3 Å². The molecule has 1 unspecified atom stereocenters. The summed E-state index contributed by atoms with van der Waals surface area (Å²) in [4.78, 5) is 121. The smallest absolute Gasteiger partial charge is 0.367 e. The largest absolute Gasteiger partial charge is 0.417 e. The highest BCUT2D eigenvalue weighted by molar-refractivity contribution is 6.24. The quantitative estimate of drug-likeness (QED) is 0.0503. The first-order valence-electron chi connectivity index (χ1n) is 26.2. The highest BCUT2D eigenvalue weighted by Gasteiger charge is 2.45. The molecule has 4 aliphatic heterocycles. The van der Waals surface area contributed by atoms with Crippen LogP contribution in [0.3, 0.4) is 0 Å². The Morgan fingerprint density at radius 2 is 1.48 bits per heavy atom. The zero-order valence-corrected chi connectivity index (χ0v) is 43.3. The van der Waals surface area contributed by atoms with E-state index in [-0.39, 0.29) is 77.6 Å². The lowest BCUT2D eigenvalue weighted by Crippen LogP contribution is -2.55. The van der Waals surface area contributed by atoms with E-state index in [0.717, 1.165) is 55.4 Å². The van der Waals surface area contributed by atoms with Gasteiger partial charge in [0, 0.05) is 113 Å². The number of halogens is 4. The zero-order valence-electron chi connectivity index (χ0n) is 43.3. The maximum absolute atomic E-state index is 16.1. The van der Waals surface area contributed by atoms with Crippen LogP contribution in [0.4, 0.5) is 34.9 Å². The maximum atomic E-state index is 16.1. The lowest BCUT2D eigenvalue weighted by molar-refractivity contribution is -0.138. The molecule has 3 atom stereocenters. The summed E-state index contributed by atoms with van der Waals surface area (Å²) in [5.41, 5.74) is -1.33. The van der Waals surface area contributed by atoms with Gasteiger partial charge in [0.2, 0.25) is 35.1 Å². The molecule has 4 aliphatic rings. The van der Waals surface area contributed by atoms with Gasteiger partial charge in [0.15, 0.2) is 0 Å². The van der Waals surface area contributed by atoms with E-state index in [4.69, 9.17) is 0 Å². The third kappa shape index (κ3) is 13.0. The number of piperazine rings is 2. The molecular formula is C54H63F4N11O8. The number of nitrogens with one attached hydrogen (secondary N) is 4. The van der Waals surface area contributed by atoms with Crippen LogP contribution in [0.5, 0.6) is 0 Å². The van der Waals surface area contributed by atoms with Gasteiger partial charge in [0.1, 0.15) is 11.9 Å². The number of likely N-dealkylation sites (N-methyl/N-ethyl adjacent to an activating group) is 1. The average molecular weight is 1070 g/mol. The van der Waals surface area contributed by atoms with Gasteiger partial charge >= 0.3 is 6.18 Å². The van der Waals surface area contributed by atoms with Crippen molar-refractivity contribution in [2.24, 2.45) is 0 Å². The summed E-state index contributed by atoms with van der Waals surface area (Å²) in [7, 11) is 1.96. The Hall–Kier alpha value is -7.56. The van der Waals surface area contributed by atoms with Gasteiger partial charge in [-0.05, 0) is 70.3 Å². The Bertz CT molecular complexity index is 2950. The number of aromatic amines is 1. The highest BCUT2D eigenvalue weighted by atomic mass is 19.4. The predicted molar refractivity (Wildman–Crippen MR) is 277 cm³/mol. The van der Waals surface area contributed by atoms with Crippen molar-refractivity contribution in [1.82, 2.24) is 40.3 Å². The van der Waals surface area contributed by atoms with E-state index < -0.39 is 64.3 Å². The van der Waals surface area contributed by atoms with Crippen LogP contribution in [-0.2, 0) is 31.8 Å². The van der Waals surface area contributed by atoms with Gasteiger partial charge in [-0.15, -0.1) is 0 Å². The molecule has 4 N–H and O–H groups in total. The molecule has 0 spiro atoms. The number of hydrogen-bond donors (Lipinski definition) is 4. The van der Waals surface area contributed by atoms with Crippen molar-refractivity contribution in [3.8, 4) is 11.1 Å². The number of hydrogen-bond acceptors (Lipinski definition) is 13. The van der Waals surface area contributed by atoms with Crippen molar-refractivity contribution < 1.29 is 51.1 Å². The van der Waals surface area contributed by atoms with Crippen molar-refractivity contribution in [1.29, 1.82) is 0 Å². The van der Waals surface area contributed by atoms with Crippen LogP contribution in [0.1, 0.15) is 127 Å². The lowest BCUT2D eigenvalue weighted by Gasteiger charge is -2.44. The average Bonchev–Trinajstić information content (AvgIpc) is 3.70. The zero-order chi connectivity index (χ0) is 55.1. The van der Waals surface area contributed by atoms with Gasteiger partial charge in [-0.25, -0.2) is 14.4 Å². The molecule has 3 fully saturated rings. The van der Waals surface area contributed by atoms with Crippen LogP contribution in [0.25, 0.3) is 11.1 Å². The minimum absolute atomic E-state index is 0.0123. The molecule has 6 heterocycles. The molecule has 0 saturated carbocycles. The number of aromatic nitrogens is 3. The number of imide groups is 2. The number of unbranched alkanes of at least 4 members (excludes halogenated alkanes) is 6. The Balaban J connectivity index is 0.747. The van der Waals surface area contributed by atoms with E-state index in [1.54, 1.807) is 17.0 Å². The summed E-state index contributed by atoms with van der Waals surface area (Å²) < 4.78 is 58.0. The second-order valence-corrected chi connectivity index (χ2v) is 20.2. The Labute approximate surface area is 442 Å². The normalized spacial score (nSPS) is 19.1. The summed E-state index contributed by atoms with van der Waals surface area (Å²) in [6, 6.07) is 7.10. The molecule has 7 amide bonds. The van der Waals surface area contributed by atoms with E-state index in [2.05, 4.69) is 35.8 Å². The van der Waals surface area contributed by atoms with E-state index >= 15 is 4.39 Å². The monoisotopic (exact) mass is 1070 g/mol. The summed E-state index contributed by atoms with van der Waals surface area (Å²) in [6.45, 7) is 6.86. The number of nitrogens with zero attached hydrogens (tertiary/aromatic N) is 7. The molecule has 0 radical (unpaired) electrons. The number of fused-ring (bicyclic) bond motifs is 1. The molecular weight excluding hydrogens is 1010 g/mol. The predicted octanol–water partition coefficient (Wildman–Crippen LogP) is 5.69. The van der Waals surface area contributed by atoms with Crippen molar-refractivity contribution in [3.63, 3.8) is 0 Å². The van der Waals surface area contributed by atoms with Crippen LogP contribution in [0.2, 0.25) is 0 Å². The minimum atomic E-state index is -5.00. The minimum Gasteiger partial charge on any atom is -0.367 e. The second kappa shape index (κ2) is 24.2. The van der Waals surface area contributed by atoms with Gasteiger partial charge in [0.25, 0.3) is 17.7 Å². The number of piperidine rings is 1. The summed E-state index contributed by atoms with van der Waals surface area (Å²) >= 11 is 0. The molecule has 2 aromatic carbocycles. The molecule has 77 heavy (non-hydrogen) atoms. The molecule has 410 valence electrons. The molecule has 4 aromatic rings. The molecule has 19 nitrogen and oxygen atoms in total. The van der Waals surface area contributed by atoms with Gasteiger partial charge in [-0.3, -0.25) is 53.5 Å². The first-order chi connectivity index (χ1) is 36.8. The molecule has 2 aromatic heterocycles. The number of carbonyl (C=O) groups is 7. The van der Waals surface area contributed by atoms with Crippen LogP contribution in [0.15, 0.2) is 59.8 Å². The Kier molecular flexibility index (Phi) is 17.5. The fraction of sp³-hybridized carbons (Fsp3) is 0.481. The highest BCUT2D eigenvalue weighted by Crippen LogP contribution is 2.38. The fourth-order valence-electron chi connectivity index (χ4n) is 10.4. The molecule has 3 saturated heterocycles. The van der Waals surface area contributed by atoms with Gasteiger partial charge < -0.3 is 30.3 Å². The first-order valence-corrected chi connectivity index (χ1v) is 26.2. The molecule has 8 rings (SSSR count). The van der Waals surface area contributed by atoms with E-state index in [0.29, 0.717) is 76.0 Å². The Morgan fingerprint density at radius 1 is 0.805 bits per heavy atom. The number of benzene rings is 2. The summed E-state index contributed by atoms with van der Waals surface area (Å²) in [5, 5.41) is 7.68. The molecule has 0 aliphatic carbocycles. The maximum Gasteiger partial charge on any atom is 0.417 e. The standard InChI is InChI=1S/C54H63F4N11O8/c1-32-30-68(31-33(2)65(32)3)43-26-40(55)37(24-41(43)63-49(74)38-29-60-46(72)25-39(38)54(56,57)58)35-27-61-53(62-28-35)67-22-20-66(21-23-67)47(73)18-17-44(70)59-19-10-8-6-4-5-7-9-12-34-13-11-14-36-48(34)52(77)69(51(36)76)42-15-16-45(71)64-50(42)75/h11,13-14,24-29,32-33,42H,4-10,12,15-23,30-31H2,1-3H3,(H,59,70)(H,60,72)(H,63,74)(H,64,71,75)/t32-,33+,42?. The summed E-state index contributed by atoms with van der Waals surface area (Å²) in [6.07, 6.45) is 5.84. The lowest BCUT2D eigenvalue weighted by atomic mass is 9.97. The number of pyridine rings is 1. The number of carbonyl (C=O) groups excluding carboxylic acids is 7. The topological polar surface area (TPSA) is 230 Å². The molecule has 0 bridgehead atoms. The SMILES string of the molecule is C[C@@H]1CN(c2cc(F)c(-c3cnc(N4CCN(C(=O)CCC(=O)NCCCCCCCCCc5cccc6c5C(=O)N(C5CCC(=O)NC5=O)C6=O)CC4)nc3)cc2NC(=O)c2c[nH]c(=O)cc2C(F)(F)F)C[C@H](C)N1C. The van der Waals surface area contributed by atoms with E-state index in [9.17, 15) is 51.5 Å². The van der Waals surface area contributed by atoms with Crippen molar-refractivity contribution >= 4 is 58.7 Å². The molecule has 23 heteroatoms. The fourth-order valence-corrected chi connectivity index (χ4v) is 10.4. The van der Waals surface area contributed by atoms with Gasteiger partial charge in [-0.1, -0.05) is 44.2 Å². The number of rotatable bonds is 19. The summed E-state index contributed by atoms with van der Waals surface area (Å²) in [5.74, 6) is -3.92.